The number of carbonyl (C=O) groups is 1. The minimum absolute atomic E-state index is 0.113. The zero-order valence-corrected chi connectivity index (χ0v) is 21.7. The van der Waals surface area contributed by atoms with Crippen molar-refractivity contribution < 1.29 is 4.79 Å². The van der Waals surface area contributed by atoms with E-state index in [-0.39, 0.29) is 11.3 Å². The van der Waals surface area contributed by atoms with E-state index < -0.39 is 5.41 Å². The predicted molar refractivity (Wildman–Crippen MR) is 146 cm³/mol. The van der Waals surface area contributed by atoms with Crippen molar-refractivity contribution in [3.05, 3.63) is 120 Å². The number of rotatable bonds is 8. The summed E-state index contributed by atoms with van der Waals surface area (Å²) in [5, 5.41) is 7.32. The normalized spacial score (nSPS) is 15.8. The molecule has 0 unspecified atom stereocenters. The lowest BCUT2D eigenvalue weighted by atomic mass is 9.70. The number of aromatic nitrogens is 3. The number of amides is 1. The Morgan fingerprint density at radius 2 is 1.43 bits per heavy atom. The molecule has 1 amide bonds. The molecule has 190 valence electrons. The number of likely N-dealkylation sites (tertiary alicyclic amines) is 1. The molecule has 1 N–H and O–H groups in total. The van der Waals surface area contributed by atoms with E-state index in [0.717, 1.165) is 49.4 Å². The van der Waals surface area contributed by atoms with Gasteiger partial charge in [0.15, 0.2) is 0 Å². The molecule has 6 heteroatoms. The largest absolute Gasteiger partial charge is 0.348 e. The molecule has 1 aromatic heterocycles. The summed E-state index contributed by atoms with van der Waals surface area (Å²) in [6, 6.07) is 31.2. The highest BCUT2D eigenvalue weighted by Gasteiger charge is 2.44. The second-order valence-corrected chi connectivity index (χ2v) is 10.2. The highest BCUT2D eigenvalue weighted by Crippen LogP contribution is 2.41. The van der Waals surface area contributed by atoms with Gasteiger partial charge in [-0.05, 0) is 55.6 Å². The first-order valence-electron chi connectivity index (χ1n) is 13.0. The second kappa shape index (κ2) is 10.7. The molecule has 1 fully saturated rings. The quantitative estimate of drug-likeness (QED) is 0.388. The van der Waals surface area contributed by atoms with Gasteiger partial charge in [0.1, 0.15) is 17.6 Å². The van der Waals surface area contributed by atoms with E-state index in [0.29, 0.717) is 6.42 Å². The third-order valence-corrected chi connectivity index (χ3v) is 8.01. The number of hydrogen-bond acceptors (Lipinski definition) is 4. The molecule has 0 radical (unpaired) electrons. The summed E-state index contributed by atoms with van der Waals surface area (Å²) in [6.07, 6.45) is 4.20. The van der Waals surface area contributed by atoms with Gasteiger partial charge in [-0.2, -0.15) is 5.10 Å². The van der Waals surface area contributed by atoms with Crippen molar-refractivity contribution in [2.24, 2.45) is 0 Å². The number of H-pyrrole nitrogens is 1. The molecule has 6 nitrogen and oxygen atoms in total. The zero-order valence-electron chi connectivity index (χ0n) is 21.7. The van der Waals surface area contributed by atoms with Crippen LogP contribution in [0.25, 0.3) is 0 Å². The average Bonchev–Trinajstić information content (AvgIpc) is 3.51. The number of aromatic amines is 1. The van der Waals surface area contributed by atoms with E-state index in [4.69, 9.17) is 0 Å². The van der Waals surface area contributed by atoms with Gasteiger partial charge in [0, 0.05) is 14.1 Å². The van der Waals surface area contributed by atoms with Crippen LogP contribution in [0.3, 0.4) is 0 Å². The van der Waals surface area contributed by atoms with Crippen LogP contribution in [0, 0.1) is 0 Å². The van der Waals surface area contributed by atoms with Crippen molar-refractivity contribution in [2.45, 2.75) is 30.1 Å². The summed E-state index contributed by atoms with van der Waals surface area (Å²) in [5.41, 5.74) is 2.43. The number of carbonyl (C=O) groups excluding carboxylic acids is 1. The molecule has 0 saturated carbocycles. The van der Waals surface area contributed by atoms with E-state index in [1.165, 1.54) is 5.56 Å². The van der Waals surface area contributed by atoms with E-state index in [1.54, 1.807) is 11.2 Å². The molecule has 1 aliphatic rings. The fourth-order valence-corrected chi connectivity index (χ4v) is 5.98. The topological polar surface area (TPSA) is 65.1 Å². The monoisotopic (exact) mass is 493 g/mol. The number of nitrogens with zero attached hydrogens (tertiary/aromatic N) is 4. The molecule has 1 saturated heterocycles. The number of piperidine rings is 1. The number of likely N-dealkylation sites (N-methyl/N-ethyl adjacent to an activating group) is 1. The molecular formula is C31H35N5O. The maximum atomic E-state index is 14.0. The first kappa shape index (κ1) is 24.9. The Balaban J connectivity index is 1.43. The maximum Gasteiger partial charge on any atom is 0.237 e. The van der Waals surface area contributed by atoms with Crippen LogP contribution in [0.5, 0.6) is 0 Å². The van der Waals surface area contributed by atoms with Crippen LogP contribution < -0.4 is 0 Å². The Morgan fingerprint density at radius 1 is 0.892 bits per heavy atom. The van der Waals surface area contributed by atoms with Crippen LogP contribution in [-0.2, 0) is 15.6 Å². The molecule has 0 aliphatic carbocycles. The smallest absolute Gasteiger partial charge is 0.237 e. The van der Waals surface area contributed by atoms with E-state index >= 15 is 0 Å². The Bertz CT molecular complexity index is 1230. The molecule has 3 aromatic carbocycles. The Labute approximate surface area is 219 Å². The van der Waals surface area contributed by atoms with Crippen LogP contribution in [-0.4, -0.2) is 64.6 Å². The van der Waals surface area contributed by atoms with Crippen LogP contribution in [0.15, 0.2) is 97.3 Å². The van der Waals surface area contributed by atoms with Crippen molar-refractivity contribution in [2.75, 3.05) is 33.7 Å². The molecule has 0 spiro atoms. The fourth-order valence-electron chi connectivity index (χ4n) is 5.98. The molecule has 1 aliphatic heterocycles. The van der Waals surface area contributed by atoms with Gasteiger partial charge in [-0.25, -0.2) is 4.98 Å². The molecule has 4 aromatic rings. The van der Waals surface area contributed by atoms with Gasteiger partial charge in [-0.3, -0.25) is 9.89 Å². The van der Waals surface area contributed by atoms with Gasteiger partial charge in [-0.15, -0.1) is 0 Å². The van der Waals surface area contributed by atoms with E-state index in [9.17, 15) is 4.79 Å². The molecule has 0 atom stereocenters. The summed E-state index contributed by atoms with van der Waals surface area (Å²) in [5.74, 6) is 1.05. The predicted octanol–water partition coefficient (Wildman–Crippen LogP) is 4.65. The fraction of sp³-hybridized carbons (Fsp3) is 0.323. The maximum absolute atomic E-state index is 14.0. The van der Waals surface area contributed by atoms with Crippen molar-refractivity contribution >= 4 is 5.91 Å². The lowest BCUT2D eigenvalue weighted by Crippen LogP contribution is -2.49. The third-order valence-electron chi connectivity index (χ3n) is 8.01. The average molecular weight is 494 g/mol. The van der Waals surface area contributed by atoms with Crippen LogP contribution in [0.1, 0.15) is 41.8 Å². The lowest BCUT2D eigenvalue weighted by molar-refractivity contribution is -0.133. The minimum atomic E-state index is -0.745. The van der Waals surface area contributed by atoms with E-state index in [2.05, 4.69) is 74.7 Å². The van der Waals surface area contributed by atoms with Gasteiger partial charge < -0.3 is 9.80 Å². The Kier molecular flexibility index (Phi) is 7.19. The highest BCUT2D eigenvalue weighted by molar-refractivity contribution is 5.91. The number of hydrogen-bond donors (Lipinski definition) is 1. The summed E-state index contributed by atoms with van der Waals surface area (Å²) in [6.45, 7) is 2.67. The first-order chi connectivity index (χ1) is 18.1. The van der Waals surface area contributed by atoms with Crippen molar-refractivity contribution in [1.82, 2.24) is 25.0 Å². The van der Waals surface area contributed by atoms with Crippen molar-refractivity contribution in [3.63, 3.8) is 0 Å². The number of nitrogens with one attached hydrogen (secondary N) is 1. The third kappa shape index (κ3) is 4.69. The van der Waals surface area contributed by atoms with Crippen molar-refractivity contribution in [3.8, 4) is 0 Å². The summed E-state index contributed by atoms with van der Waals surface area (Å²) < 4.78 is 0. The molecular weight excluding hydrogens is 458 g/mol. The molecule has 5 rings (SSSR count). The van der Waals surface area contributed by atoms with E-state index in [1.807, 2.05) is 50.5 Å². The Morgan fingerprint density at radius 3 is 1.92 bits per heavy atom. The van der Waals surface area contributed by atoms with Crippen LogP contribution in [0.2, 0.25) is 0 Å². The van der Waals surface area contributed by atoms with Gasteiger partial charge >= 0.3 is 0 Å². The van der Waals surface area contributed by atoms with Crippen LogP contribution >= 0.6 is 0 Å². The highest BCUT2D eigenvalue weighted by atomic mass is 16.2. The lowest BCUT2D eigenvalue weighted by Gasteiger charge is -2.42. The van der Waals surface area contributed by atoms with Crippen molar-refractivity contribution in [1.29, 1.82) is 0 Å². The SMILES string of the molecule is CN(C)C(=O)C(CCN1CCC(c2ccccc2)(c2ncn[nH]2)CC1)(c1ccccc1)c1ccccc1. The molecule has 2 heterocycles. The number of benzene rings is 3. The minimum Gasteiger partial charge on any atom is -0.348 e. The molecule has 0 bridgehead atoms. The van der Waals surface area contributed by atoms with Gasteiger partial charge in [-0.1, -0.05) is 91.0 Å². The summed E-state index contributed by atoms with van der Waals surface area (Å²) >= 11 is 0. The van der Waals surface area contributed by atoms with Crippen LogP contribution in [0.4, 0.5) is 0 Å². The Hall–Kier alpha value is -3.77. The summed E-state index contributed by atoms with van der Waals surface area (Å²) in [4.78, 5) is 22.8. The summed E-state index contributed by atoms with van der Waals surface area (Å²) in [7, 11) is 3.71. The first-order valence-corrected chi connectivity index (χ1v) is 13.0. The van der Waals surface area contributed by atoms with Gasteiger partial charge in [0.05, 0.1) is 5.41 Å². The zero-order chi connectivity index (χ0) is 25.7. The van der Waals surface area contributed by atoms with Gasteiger partial charge in [0.25, 0.3) is 0 Å². The van der Waals surface area contributed by atoms with Gasteiger partial charge in [0.2, 0.25) is 5.91 Å². The standard InChI is InChI=1S/C31H35N5O/c1-35(2)29(37)31(26-14-8-4-9-15-26,27-16-10-5-11-17-27)20-23-36-21-18-30(19-22-36,28-32-24-33-34-28)25-12-6-3-7-13-25/h3-17,24H,18-23H2,1-2H3,(H,32,33,34). The second-order valence-electron chi connectivity index (χ2n) is 10.2. The molecule has 37 heavy (non-hydrogen) atoms.